The predicted molar refractivity (Wildman–Crippen MR) is 65.2 cm³/mol. The first kappa shape index (κ1) is 11.9. The molecule has 2 aliphatic rings. The van der Waals surface area contributed by atoms with Gasteiger partial charge in [-0.15, -0.1) is 0 Å². The first-order chi connectivity index (χ1) is 7.58. The summed E-state index contributed by atoms with van der Waals surface area (Å²) in [5, 5.41) is 3.20. The van der Waals surface area contributed by atoms with Crippen LogP contribution in [0.3, 0.4) is 0 Å². The quantitative estimate of drug-likeness (QED) is 0.775. The van der Waals surface area contributed by atoms with Crippen molar-refractivity contribution in [2.75, 3.05) is 7.05 Å². The molecular weight excluding hydrogens is 200 g/mol. The number of hydrogen-bond acceptors (Lipinski definition) is 2. The summed E-state index contributed by atoms with van der Waals surface area (Å²) in [4.78, 5) is 14.2. The van der Waals surface area contributed by atoms with Crippen molar-refractivity contribution in [2.45, 2.75) is 64.1 Å². The van der Waals surface area contributed by atoms with E-state index in [1.54, 1.807) is 0 Å². The van der Waals surface area contributed by atoms with Gasteiger partial charge in [-0.05, 0) is 32.7 Å². The predicted octanol–water partition coefficient (Wildman–Crippen LogP) is 1.77. The molecule has 2 rings (SSSR count). The lowest BCUT2D eigenvalue weighted by Crippen LogP contribution is -2.55. The van der Waals surface area contributed by atoms with E-state index in [0.29, 0.717) is 18.1 Å². The van der Waals surface area contributed by atoms with Gasteiger partial charge in [-0.3, -0.25) is 4.79 Å². The summed E-state index contributed by atoms with van der Waals surface area (Å²) in [5.41, 5.74) is 0. The highest BCUT2D eigenvalue weighted by atomic mass is 16.1. The van der Waals surface area contributed by atoms with Crippen molar-refractivity contribution in [1.82, 2.24) is 10.2 Å². The molecule has 1 amide bonds. The molecule has 0 aliphatic carbocycles. The molecule has 2 atom stereocenters. The minimum Gasteiger partial charge on any atom is -0.353 e. The van der Waals surface area contributed by atoms with Crippen molar-refractivity contribution in [3.63, 3.8) is 0 Å². The molecule has 2 saturated heterocycles. The summed E-state index contributed by atoms with van der Waals surface area (Å²) in [7, 11) is 2.25. The van der Waals surface area contributed by atoms with E-state index in [-0.39, 0.29) is 11.8 Å². The van der Waals surface area contributed by atoms with E-state index < -0.39 is 0 Å². The third kappa shape index (κ3) is 2.40. The maximum atomic E-state index is 11.7. The number of nitrogens with zero attached hydrogens (tertiary/aromatic N) is 1. The zero-order valence-corrected chi connectivity index (χ0v) is 10.7. The SMILES string of the molecule is CC(C)C(=O)NC1CC2CCCC(C1)N2C. The fraction of sp³-hybridized carbons (Fsp3) is 0.923. The zero-order chi connectivity index (χ0) is 11.7. The Morgan fingerprint density at radius 2 is 1.81 bits per heavy atom. The fourth-order valence-corrected chi connectivity index (χ4v) is 3.10. The second kappa shape index (κ2) is 4.74. The molecule has 2 aliphatic heterocycles. The van der Waals surface area contributed by atoms with Crippen LogP contribution in [-0.2, 0) is 4.79 Å². The highest BCUT2D eigenvalue weighted by Crippen LogP contribution is 2.32. The van der Waals surface area contributed by atoms with E-state index in [0.717, 1.165) is 12.8 Å². The van der Waals surface area contributed by atoms with Gasteiger partial charge in [-0.25, -0.2) is 0 Å². The zero-order valence-electron chi connectivity index (χ0n) is 10.7. The molecule has 2 fully saturated rings. The Labute approximate surface area is 98.6 Å². The normalized spacial score (nSPS) is 35.1. The maximum Gasteiger partial charge on any atom is 0.222 e. The second-order valence-electron chi connectivity index (χ2n) is 5.74. The van der Waals surface area contributed by atoms with Gasteiger partial charge in [-0.1, -0.05) is 20.3 Å². The largest absolute Gasteiger partial charge is 0.353 e. The van der Waals surface area contributed by atoms with Gasteiger partial charge in [0.1, 0.15) is 0 Å². The minimum atomic E-state index is 0.111. The molecule has 1 N–H and O–H groups in total. The molecule has 2 bridgehead atoms. The Bertz CT molecular complexity index is 251. The summed E-state index contributed by atoms with van der Waals surface area (Å²) in [6.07, 6.45) is 6.27. The monoisotopic (exact) mass is 224 g/mol. The van der Waals surface area contributed by atoms with Crippen molar-refractivity contribution in [3.05, 3.63) is 0 Å². The molecule has 0 aromatic rings. The third-order valence-corrected chi connectivity index (χ3v) is 4.21. The number of fused-ring (bicyclic) bond motifs is 2. The third-order valence-electron chi connectivity index (χ3n) is 4.21. The Kier molecular flexibility index (Phi) is 3.53. The van der Waals surface area contributed by atoms with Crippen LogP contribution in [0.1, 0.15) is 46.0 Å². The summed E-state index contributed by atoms with van der Waals surface area (Å²) in [6.45, 7) is 3.93. The number of piperidine rings is 2. The topological polar surface area (TPSA) is 32.3 Å². The molecule has 0 spiro atoms. The van der Waals surface area contributed by atoms with Crippen molar-refractivity contribution in [1.29, 1.82) is 0 Å². The fourth-order valence-electron chi connectivity index (χ4n) is 3.10. The van der Waals surface area contributed by atoms with E-state index in [1.807, 2.05) is 13.8 Å². The molecule has 2 heterocycles. The van der Waals surface area contributed by atoms with E-state index >= 15 is 0 Å². The average Bonchev–Trinajstić information content (AvgIpc) is 2.19. The lowest BCUT2D eigenvalue weighted by Gasteiger charge is -2.47. The van der Waals surface area contributed by atoms with Crippen molar-refractivity contribution >= 4 is 5.91 Å². The van der Waals surface area contributed by atoms with E-state index in [2.05, 4.69) is 17.3 Å². The highest BCUT2D eigenvalue weighted by Gasteiger charge is 2.36. The number of nitrogens with one attached hydrogen (secondary N) is 1. The summed E-state index contributed by atoms with van der Waals surface area (Å²) >= 11 is 0. The van der Waals surface area contributed by atoms with Crippen LogP contribution in [0.4, 0.5) is 0 Å². The van der Waals surface area contributed by atoms with Crippen LogP contribution in [-0.4, -0.2) is 36.0 Å². The molecular formula is C13H24N2O. The standard InChI is InChI=1S/C13H24N2O/c1-9(2)13(16)14-10-7-11-5-4-6-12(8-10)15(11)3/h9-12H,4-8H2,1-3H3,(H,14,16). The second-order valence-corrected chi connectivity index (χ2v) is 5.74. The van der Waals surface area contributed by atoms with Gasteiger partial charge < -0.3 is 10.2 Å². The van der Waals surface area contributed by atoms with Crippen LogP contribution in [0.5, 0.6) is 0 Å². The van der Waals surface area contributed by atoms with Gasteiger partial charge in [0.15, 0.2) is 0 Å². The summed E-state index contributed by atoms with van der Waals surface area (Å²) in [5.74, 6) is 0.326. The molecule has 0 saturated carbocycles. The summed E-state index contributed by atoms with van der Waals surface area (Å²) in [6, 6.07) is 1.82. The average molecular weight is 224 g/mol. The van der Waals surface area contributed by atoms with Crippen molar-refractivity contribution < 1.29 is 4.79 Å². The van der Waals surface area contributed by atoms with Crippen molar-refractivity contribution in [2.24, 2.45) is 5.92 Å². The van der Waals surface area contributed by atoms with Gasteiger partial charge in [0.2, 0.25) is 5.91 Å². The van der Waals surface area contributed by atoms with Gasteiger partial charge in [0, 0.05) is 24.0 Å². The lowest BCUT2D eigenvalue weighted by molar-refractivity contribution is -0.125. The van der Waals surface area contributed by atoms with Gasteiger partial charge in [0.05, 0.1) is 0 Å². The molecule has 16 heavy (non-hydrogen) atoms. The number of amides is 1. The molecule has 3 heteroatoms. The van der Waals surface area contributed by atoms with Crippen LogP contribution >= 0.6 is 0 Å². The smallest absolute Gasteiger partial charge is 0.222 e. The number of rotatable bonds is 2. The number of carbonyl (C=O) groups excluding carboxylic acids is 1. The molecule has 92 valence electrons. The first-order valence-electron chi connectivity index (χ1n) is 6.60. The van der Waals surface area contributed by atoms with E-state index in [1.165, 1.54) is 19.3 Å². The van der Waals surface area contributed by atoms with E-state index in [9.17, 15) is 4.79 Å². The van der Waals surface area contributed by atoms with Crippen LogP contribution in [0.15, 0.2) is 0 Å². The van der Waals surface area contributed by atoms with Gasteiger partial charge in [-0.2, -0.15) is 0 Å². The molecule has 0 radical (unpaired) electrons. The molecule has 0 aromatic carbocycles. The van der Waals surface area contributed by atoms with Crippen LogP contribution in [0, 0.1) is 5.92 Å². The first-order valence-corrected chi connectivity index (χ1v) is 6.60. The molecule has 0 aromatic heterocycles. The Balaban J connectivity index is 1.92. The Morgan fingerprint density at radius 1 is 1.25 bits per heavy atom. The van der Waals surface area contributed by atoms with Crippen LogP contribution < -0.4 is 5.32 Å². The van der Waals surface area contributed by atoms with E-state index in [4.69, 9.17) is 0 Å². The lowest BCUT2D eigenvalue weighted by atomic mass is 9.82. The molecule has 3 nitrogen and oxygen atoms in total. The van der Waals surface area contributed by atoms with Gasteiger partial charge >= 0.3 is 0 Å². The van der Waals surface area contributed by atoms with Crippen LogP contribution in [0.2, 0.25) is 0 Å². The highest BCUT2D eigenvalue weighted by molar-refractivity contribution is 5.78. The van der Waals surface area contributed by atoms with Gasteiger partial charge in [0.25, 0.3) is 0 Å². The summed E-state index contributed by atoms with van der Waals surface area (Å²) < 4.78 is 0. The number of carbonyl (C=O) groups is 1. The Morgan fingerprint density at radius 3 is 2.31 bits per heavy atom. The minimum absolute atomic E-state index is 0.111. The molecule has 2 unspecified atom stereocenters. The Hall–Kier alpha value is -0.570. The van der Waals surface area contributed by atoms with Crippen LogP contribution in [0.25, 0.3) is 0 Å². The number of hydrogen-bond donors (Lipinski definition) is 1. The van der Waals surface area contributed by atoms with Crippen molar-refractivity contribution in [3.8, 4) is 0 Å². The maximum absolute atomic E-state index is 11.7.